The van der Waals surface area contributed by atoms with Gasteiger partial charge in [-0.2, -0.15) is 0 Å². The average molecular weight is 245 g/mol. The van der Waals surface area contributed by atoms with Crippen molar-refractivity contribution in [1.82, 2.24) is 0 Å². The smallest absolute Gasteiger partial charge is 0.0681 e. The van der Waals surface area contributed by atoms with E-state index in [1.807, 2.05) is 0 Å². The molecule has 0 amide bonds. The predicted octanol–water partition coefficient (Wildman–Crippen LogP) is 4.23. The van der Waals surface area contributed by atoms with Crippen LogP contribution in [0.3, 0.4) is 0 Å². The zero-order valence-corrected chi connectivity index (χ0v) is 10.6. The molecule has 1 aromatic rings. The van der Waals surface area contributed by atoms with Crippen LogP contribution in [-0.4, -0.2) is 12.7 Å². The van der Waals surface area contributed by atoms with E-state index < -0.39 is 0 Å². The molecule has 1 aromatic heterocycles. The van der Waals surface area contributed by atoms with Crippen molar-refractivity contribution in [3.05, 3.63) is 22.4 Å². The van der Waals surface area contributed by atoms with Gasteiger partial charge in [0.25, 0.3) is 0 Å². The van der Waals surface area contributed by atoms with Crippen molar-refractivity contribution in [2.45, 2.75) is 37.7 Å². The van der Waals surface area contributed by atoms with E-state index in [0.29, 0.717) is 6.10 Å². The first-order chi connectivity index (χ1) is 7.29. The first-order valence-electron chi connectivity index (χ1n) is 5.58. The average Bonchev–Trinajstić information content (AvgIpc) is 2.67. The van der Waals surface area contributed by atoms with E-state index in [1.165, 1.54) is 17.7 Å². The number of alkyl halides is 1. The number of halogens is 1. The molecule has 0 N–H and O–H groups in total. The zero-order valence-electron chi connectivity index (χ0n) is 8.99. The van der Waals surface area contributed by atoms with Crippen LogP contribution in [-0.2, 0) is 4.74 Å². The largest absolute Gasteiger partial charge is 0.378 e. The third kappa shape index (κ3) is 2.96. The molecule has 0 bridgehead atoms. The molecule has 0 aliphatic heterocycles. The van der Waals surface area contributed by atoms with Crippen molar-refractivity contribution in [1.29, 1.82) is 0 Å². The highest BCUT2D eigenvalue weighted by Crippen LogP contribution is 2.40. The summed E-state index contributed by atoms with van der Waals surface area (Å²) in [6.45, 7) is 2.90. The highest BCUT2D eigenvalue weighted by molar-refractivity contribution is 7.10. The molecule has 1 heterocycles. The SMILES string of the molecule is CCOC1CC(CC(Cl)c2cccs2)C1. The lowest BCUT2D eigenvalue weighted by Gasteiger charge is -2.35. The van der Waals surface area contributed by atoms with Crippen LogP contribution in [0.4, 0.5) is 0 Å². The predicted molar refractivity (Wildman–Crippen MR) is 65.7 cm³/mol. The highest BCUT2D eigenvalue weighted by atomic mass is 35.5. The van der Waals surface area contributed by atoms with E-state index >= 15 is 0 Å². The van der Waals surface area contributed by atoms with Crippen molar-refractivity contribution in [3.8, 4) is 0 Å². The van der Waals surface area contributed by atoms with Crippen molar-refractivity contribution in [3.63, 3.8) is 0 Å². The molecule has 15 heavy (non-hydrogen) atoms. The molecule has 1 saturated carbocycles. The molecule has 1 fully saturated rings. The summed E-state index contributed by atoms with van der Waals surface area (Å²) in [6, 6.07) is 4.19. The van der Waals surface area contributed by atoms with E-state index in [0.717, 1.165) is 18.9 Å². The van der Waals surface area contributed by atoms with Crippen LogP contribution in [0, 0.1) is 5.92 Å². The third-order valence-electron chi connectivity index (χ3n) is 2.99. The summed E-state index contributed by atoms with van der Waals surface area (Å²) < 4.78 is 5.54. The van der Waals surface area contributed by atoms with Crippen LogP contribution in [0.5, 0.6) is 0 Å². The van der Waals surface area contributed by atoms with Crippen LogP contribution in [0.2, 0.25) is 0 Å². The van der Waals surface area contributed by atoms with Gasteiger partial charge in [-0.3, -0.25) is 0 Å². The van der Waals surface area contributed by atoms with Crippen molar-refractivity contribution in [2.24, 2.45) is 5.92 Å². The van der Waals surface area contributed by atoms with Crippen LogP contribution in [0.25, 0.3) is 0 Å². The molecule has 1 unspecified atom stereocenters. The van der Waals surface area contributed by atoms with Crippen LogP contribution >= 0.6 is 22.9 Å². The first-order valence-corrected chi connectivity index (χ1v) is 6.90. The lowest BCUT2D eigenvalue weighted by atomic mass is 9.79. The minimum absolute atomic E-state index is 0.206. The molecule has 1 nitrogen and oxygen atoms in total. The molecule has 1 aliphatic rings. The summed E-state index contributed by atoms with van der Waals surface area (Å²) in [4.78, 5) is 1.30. The Balaban J connectivity index is 1.71. The molecular formula is C12H17ClOS. The second-order valence-corrected chi connectivity index (χ2v) is 5.64. The maximum absolute atomic E-state index is 6.35. The van der Waals surface area contributed by atoms with Gasteiger partial charge in [-0.05, 0) is 43.6 Å². The summed E-state index contributed by atoms with van der Waals surface area (Å²) in [5.41, 5.74) is 0. The standard InChI is InChI=1S/C12H17ClOS/c1-2-14-10-6-9(7-10)8-11(13)12-4-3-5-15-12/h3-5,9-11H,2,6-8H2,1H3. The molecule has 84 valence electrons. The van der Waals surface area contributed by atoms with E-state index in [4.69, 9.17) is 16.3 Å². The minimum atomic E-state index is 0.206. The summed E-state index contributed by atoms with van der Waals surface area (Å²) in [5.74, 6) is 0.770. The Morgan fingerprint density at radius 1 is 1.60 bits per heavy atom. The summed E-state index contributed by atoms with van der Waals surface area (Å²) in [6.07, 6.45) is 4.00. The normalized spacial score (nSPS) is 27.3. The van der Waals surface area contributed by atoms with Crippen molar-refractivity contribution in [2.75, 3.05) is 6.61 Å². The Morgan fingerprint density at radius 2 is 2.40 bits per heavy atom. The lowest BCUT2D eigenvalue weighted by molar-refractivity contribution is -0.0266. The summed E-state index contributed by atoms with van der Waals surface area (Å²) in [5, 5.41) is 2.30. The fourth-order valence-corrected chi connectivity index (χ4v) is 3.31. The van der Waals surface area contributed by atoms with Gasteiger partial charge in [-0.25, -0.2) is 0 Å². The van der Waals surface area contributed by atoms with Gasteiger partial charge in [-0.15, -0.1) is 22.9 Å². The van der Waals surface area contributed by atoms with Crippen LogP contribution in [0.15, 0.2) is 17.5 Å². The van der Waals surface area contributed by atoms with Gasteiger partial charge >= 0.3 is 0 Å². The molecule has 3 heteroatoms. The van der Waals surface area contributed by atoms with E-state index in [-0.39, 0.29) is 5.38 Å². The zero-order chi connectivity index (χ0) is 10.7. The van der Waals surface area contributed by atoms with Gasteiger partial charge in [0.05, 0.1) is 11.5 Å². The topological polar surface area (TPSA) is 9.23 Å². The van der Waals surface area contributed by atoms with E-state index in [2.05, 4.69) is 24.4 Å². The fourth-order valence-electron chi connectivity index (χ4n) is 2.12. The quantitative estimate of drug-likeness (QED) is 0.705. The Kier molecular flexibility index (Phi) is 4.06. The highest BCUT2D eigenvalue weighted by Gasteiger charge is 2.31. The van der Waals surface area contributed by atoms with Gasteiger partial charge < -0.3 is 4.74 Å². The molecule has 0 aromatic carbocycles. The number of thiophene rings is 1. The number of hydrogen-bond acceptors (Lipinski definition) is 2. The lowest BCUT2D eigenvalue weighted by Crippen LogP contribution is -2.31. The van der Waals surface area contributed by atoms with Gasteiger partial charge in [0.1, 0.15) is 0 Å². The number of hydrogen-bond donors (Lipinski definition) is 0. The number of ether oxygens (including phenoxy) is 1. The molecule has 0 saturated heterocycles. The van der Waals surface area contributed by atoms with Crippen molar-refractivity contribution < 1.29 is 4.74 Å². The summed E-state index contributed by atoms with van der Waals surface area (Å²) >= 11 is 8.10. The van der Waals surface area contributed by atoms with Crippen LogP contribution < -0.4 is 0 Å². The van der Waals surface area contributed by atoms with E-state index in [1.54, 1.807) is 11.3 Å². The van der Waals surface area contributed by atoms with Gasteiger partial charge in [0.15, 0.2) is 0 Å². The Morgan fingerprint density at radius 3 is 3.00 bits per heavy atom. The molecule has 0 radical (unpaired) electrons. The number of rotatable bonds is 5. The Labute approximate surface area is 100 Å². The van der Waals surface area contributed by atoms with E-state index in [9.17, 15) is 0 Å². The fraction of sp³-hybridized carbons (Fsp3) is 0.667. The minimum Gasteiger partial charge on any atom is -0.378 e. The third-order valence-corrected chi connectivity index (χ3v) is 4.52. The first kappa shape index (κ1) is 11.4. The maximum atomic E-state index is 6.35. The monoisotopic (exact) mass is 244 g/mol. The second kappa shape index (κ2) is 5.33. The molecular weight excluding hydrogens is 228 g/mol. The Hall–Kier alpha value is -0.0500. The van der Waals surface area contributed by atoms with Gasteiger partial charge in [0.2, 0.25) is 0 Å². The van der Waals surface area contributed by atoms with Crippen LogP contribution in [0.1, 0.15) is 36.4 Å². The molecule has 1 aliphatic carbocycles. The van der Waals surface area contributed by atoms with Gasteiger partial charge in [0, 0.05) is 11.5 Å². The molecule has 2 rings (SSSR count). The Bertz CT molecular complexity index is 280. The molecule has 0 spiro atoms. The van der Waals surface area contributed by atoms with Crippen molar-refractivity contribution >= 4 is 22.9 Å². The second-order valence-electron chi connectivity index (χ2n) is 4.13. The maximum Gasteiger partial charge on any atom is 0.0681 e. The summed E-state index contributed by atoms with van der Waals surface area (Å²) in [7, 11) is 0. The molecule has 1 atom stereocenters. The van der Waals surface area contributed by atoms with Gasteiger partial charge in [-0.1, -0.05) is 6.07 Å².